The van der Waals surface area contributed by atoms with Crippen molar-refractivity contribution in [3.63, 3.8) is 0 Å². The Hall–Kier alpha value is -1.34. The molecule has 0 radical (unpaired) electrons. The second kappa shape index (κ2) is 6.19. The smallest absolute Gasteiger partial charge is 0.124 e. The quantitative estimate of drug-likeness (QED) is 0.543. The molecule has 0 aliphatic rings. The van der Waals surface area contributed by atoms with Crippen molar-refractivity contribution in [3.05, 3.63) is 63.3 Å². The standard InChI is InChI=1S/C15H13BrFN3S/c16-10-5-9(6-11(17)7-10)13(20-18)8-15-19-12-3-1-2-4-14(12)21-15/h1-7,13,20H,8,18H2. The van der Waals surface area contributed by atoms with Crippen molar-refractivity contribution < 1.29 is 4.39 Å². The van der Waals surface area contributed by atoms with Crippen LogP contribution in [0, 0.1) is 5.82 Å². The van der Waals surface area contributed by atoms with Gasteiger partial charge in [0.05, 0.1) is 21.3 Å². The first-order valence-electron chi connectivity index (χ1n) is 6.42. The highest BCUT2D eigenvalue weighted by Gasteiger charge is 2.15. The fourth-order valence-electron chi connectivity index (χ4n) is 2.23. The van der Waals surface area contributed by atoms with Gasteiger partial charge >= 0.3 is 0 Å². The largest absolute Gasteiger partial charge is 0.271 e. The molecule has 6 heteroatoms. The maximum Gasteiger partial charge on any atom is 0.124 e. The van der Waals surface area contributed by atoms with Crippen molar-refractivity contribution in [1.82, 2.24) is 10.4 Å². The SMILES string of the molecule is NNC(Cc1nc2ccccc2s1)c1cc(F)cc(Br)c1. The molecule has 0 aliphatic carbocycles. The van der Waals surface area contributed by atoms with Crippen LogP contribution in [-0.2, 0) is 6.42 Å². The van der Waals surface area contributed by atoms with Crippen LogP contribution in [-0.4, -0.2) is 4.98 Å². The summed E-state index contributed by atoms with van der Waals surface area (Å²) in [5, 5.41) is 0.972. The van der Waals surface area contributed by atoms with Crippen LogP contribution >= 0.6 is 27.3 Å². The summed E-state index contributed by atoms with van der Waals surface area (Å²) >= 11 is 4.93. The molecule has 2 aromatic carbocycles. The fraction of sp³-hybridized carbons (Fsp3) is 0.133. The molecule has 1 aromatic heterocycles. The zero-order valence-electron chi connectivity index (χ0n) is 11.0. The van der Waals surface area contributed by atoms with Gasteiger partial charge in [-0.25, -0.2) is 9.37 Å². The fourth-order valence-corrected chi connectivity index (χ4v) is 3.73. The number of fused-ring (bicyclic) bond motifs is 1. The molecule has 1 unspecified atom stereocenters. The Labute approximate surface area is 134 Å². The number of hydrogen-bond donors (Lipinski definition) is 2. The van der Waals surface area contributed by atoms with Crippen LogP contribution in [0.4, 0.5) is 4.39 Å². The predicted octanol–water partition coefficient (Wildman–Crippen LogP) is 3.95. The number of halogens is 2. The average Bonchev–Trinajstić information content (AvgIpc) is 2.86. The first kappa shape index (κ1) is 14.6. The number of nitrogens with one attached hydrogen (secondary N) is 1. The monoisotopic (exact) mass is 365 g/mol. The van der Waals surface area contributed by atoms with Gasteiger partial charge in [0.15, 0.2) is 0 Å². The normalized spacial score (nSPS) is 12.7. The molecule has 0 saturated heterocycles. The maximum absolute atomic E-state index is 13.5. The topological polar surface area (TPSA) is 50.9 Å². The number of thiazole rings is 1. The third kappa shape index (κ3) is 3.29. The van der Waals surface area contributed by atoms with Crippen LogP contribution < -0.4 is 11.3 Å². The van der Waals surface area contributed by atoms with Gasteiger partial charge in [-0.1, -0.05) is 28.1 Å². The van der Waals surface area contributed by atoms with E-state index in [4.69, 9.17) is 5.84 Å². The van der Waals surface area contributed by atoms with Crippen molar-refractivity contribution in [1.29, 1.82) is 0 Å². The lowest BCUT2D eigenvalue weighted by Gasteiger charge is -2.15. The van der Waals surface area contributed by atoms with Gasteiger partial charge < -0.3 is 0 Å². The minimum atomic E-state index is -0.288. The van der Waals surface area contributed by atoms with Crippen LogP contribution in [0.5, 0.6) is 0 Å². The molecule has 0 saturated carbocycles. The summed E-state index contributed by atoms with van der Waals surface area (Å²) in [5.74, 6) is 5.35. The summed E-state index contributed by atoms with van der Waals surface area (Å²) in [6, 6.07) is 12.6. The predicted molar refractivity (Wildman–Crippen MR) is 87.5 cm³/mol. The highest BCUT2D eigenvalue weighted by atomic mass is 79.9. The van der Waals surface area contributed by atoms with Crippen molar-refractivity contribution in [2.24, 2.45) is 5.84 Å². The number of hydrogen-bond acceptors (Lipinski definition) is 4. The Bertz CT molecular complexity index is 721. The van der Waals surface area contributed by atoms with Gasteiger partial charge in [-0.15, -0.1) is 11.3 Å². The lowest BCUT2D eigenvalue weighted by atomic mass is 10.0. The minimum absolute atomic E-state index is 0.183. The highest BCUT2D eigenvalue weighted by molar-refractivity contribution is 9.10. The first-order valence-corrected chi connectivity index (χ1v) is 8.03. The summed E-state index contributed by atoms with van der Waals surface area (Å²) in [6.45, 7) is 0. The molecule has 3 N–H and O–H groups in total. The molecule has 0 fully saturated rings. The van der Waals surface area contributed by atoms with Crippen molar-refractivity contribution in [3.8, 4) is 0 Å². The number of aromatic nitrogens is 1. The van der Waals surface area contributed by atoms with Gasteiger partial charge in [0.1, 0.15) is 5.82 Å². The molecule has 0 spiro atoms. The molecule has 108 valence electrons. The summed E-state index contributed by atoms with van der Waals surface area (Å²) in [7, 11) is 0. The van der Waals surface area contributed by atoms with Crippen LogP contribution in [0.1, 0.15) is 16.6 Å². The number of benzene rings is 2. The molecule has 3 aromatic rings. The summed E-state index contributed by atoms with van der Waals surface area (Å²) in [6.07, 6.45) is 0.617. The maximum atomic E-state index is 13.5. The zero-order chi connectivity index (χ0) is 14.8. The molecule has 0 aliphatic heterocycles. The Morgan fingerprint density at radius 3 is 2.81 bits per heavy atom. The average molecular weight is 366 g/mol. The van der Waals surface area contributed by atoms with Gasteiger partial charge in [-0.3, -0.25) is 11.3 Å². The lowest BCUT2D eigenvalue weighted by molar-refractivity contribution is 0.543. The molecule has 1 heterocycles. The second-order valence-electron chi connectivity index (χ2n) is 4.70. The van der Waals surface area contributed by atoms with E-state index in [0.29, 0.717) is 10.9 Å². The van der Waals surface area contributed by atoms with E-state index in [-0.39, 0.29) is 11.9 Å². The second-order valence-corrected chi connectivity index (χ2v) is 6.73. The van der Waals surface area contributed by atoms with Gasteiger partial charge in [0, 0.05) is 10.9 Å². The molecule has 0 bridgehead atoms. The van der Waals surface area contributed by atoms with E-state index in [0.717, 1.165) is 20.8 Å². The lowest BCUT2D eigenvalue weighted by Crippen LogP contribution is -2.29. The van der Waals surface area contributed by atoms with E-state index < -0.39 is 0 Å². The molecule has 0 amide bonds. The van der Waals surface area contributed by atoms with E-state index in [1.165, 1.54) is 12.1 Å². The number of para-hydroxylation sites is 1. The van der Waals surface area contributed by atoms with Gasteiger partial charge in [-0.2, -0.15) is 0 Å². The van der Waals surface area contributed by atoms with Crippen molar-refractivity contribution in [2.75, 3.05) is 0 Å². The number of nitrogens with zero attached hydrogens (tertiary/aromatic N) is 1. The first-order chi connectivity index (χ1) is 10.2. The molecular formula is C15H13BrFN3S. The van der Waals surface area contributed by atoms with Crippen molar-refractivity contribution in [2.45, 2.75) is 12.5 Å². The number of nitrogens with two attached hydrogens (primary N) is 1. The third-order valence-electron chi connectivity index (χ3n) is 3.21. The molecule has 21 heavy (non-hydrogen) atoms. The zero-order valence-corrected chi connectivity index (χ0v) is 13.4. The molecule has 3 rings (SSSR count). The van der Waals surface area contributed by atoms with Crippen LogP contribution in [0.25, 0.3) is 10.2 Å². The summed E-state index contributed by atoms with van der Waals surface area (Å²) in [5.41, 5.74) is 4.52. The van der Waals surface area contributed by atoms with E-state index in [2.05, 4.69) is 26.3 Å². The molecular weight excluding hydrogens is 353 g/mol. The Balaban J connectivity index is 1.89. The third-order valence-corrected chi connectivity index (χ3v) is 4.72. The summed E-state index contributed by atoms with van der Waals surface area (Å²) in [4.78, 5) is 4.59. The summed E-state index contributed by atoms with van der Waals surface area (Å²) < 4.78 is 15.4. The van der Waals surface area contributed by atoms with Gasteiger partial charge in [0.2, 0.25) is 0 Å². The number of rotatable bonds is 4. The van der Waals surface area contributed by atoms with E-state index in [1.807, 2.05) is 30.3 Å². The molecule has 3 nitrogen and oxygen atoms in total. The Morgan fingerprint density at radius 1 is 1.29 bits per heavy atom. The van der Waals surface area contributed by atoms with E-state index >= 15 is 0 Å². The Kier molecular flexibility index (Phi) is 4.30. The highest BCUT2D eigenvalue weighted by Crippen LogP contribution is 2.27. The van der Waals surface area contributed by atoms with E-state index in [1.54, 1.807) is 11.3 Å². The minimum Gasteiger partial charge on any atom is -0.271 e. The molecule has 1 atom stereocenters. The van der Waals surface area contributed by atoms with Crippen LogP contribution in [0.15, 0.2) is 46.9 Å². The Morgan fingerprint density at radius 2 is 2.10 bits per heavy atom. The van der Waals surface area contributed by atoms with Crippen molar-refractivity contribution >= 4 is 37.5 Å². The van der Waals surface area contributed by atoms with Gasteiger partial charge in [0.25, 0.3) is 0 Å². The van der Waals surface area contributed by atoms with E-state index in [9.17, 15) is 4.39 Å². The van der Waals surface area contributed by atoms with Crippen LogP contribution in [0.3, 0.4) is 0 Å². The van der Waals surface area contributed by atoms with Crippen LogP contribution in [0.2, 0.25) is 0 Å². The number of hydrazine groups is 1. The van der Waals surface area contributed by atoms with Gasteiger partial charge in [-0.05, 0) is 35.9 Å².